The van der Waals surface area contributed by atoms with E-state index in [1.807, 2.05) is 0 Å². The van der Waals surface area contributed by atoms with Gasteiger partial charge >= 0.3 is 11.9 Å². The van der Waals surface area contributed by atoms with Crippen LogP contribution in [0.3, 0.4) is 0 Å². The molecule has 1 unspecified atom stereocenters. The molecule has 0 saturated carbocycles. The minimum Gasteiger partial charge on any atom is -0.481 e. The van der Waals surface area contributed by atoms with Gasteiger partial charge in [-0.2, -0.15) is 4.98 Å². The summed E-state index contributed by atoms with van der Waals surface area (Å²) < 4.78 is 0. The zero-order valence-corrected chi connectivity index (χ0v) is 17.8. The zero-order chi connectivity index (χ0) is 23.3. The second kappa shape index (κ2) is 11.0. The van der Waals surface area contributed by atoms with Crippen LogP contribution in [0.1, 0.15) is 28.9 Å². The smallest absolute Gasteiger partial charge is 0.326 e. The van der Waals surface area contributed by atoms with Crippen LogP contribution in [-0.4, -0.2) is 54.0 Å². The SMILES string of the molecule is Nc1nc2ncc(CNc3ccc(C(=O)NC(CCC(=O)O)C(=O)O)cc3)nc2c(=O)[nH]1.[Cu]. The molecule has 13 nitrogen and oxygen atoms in total. The van der Waals surface area contributed by atoms with Crippen LogP contribution in [0.5, 0.6) is 0 Å². The first-order valence-electron chi connectivity index (χ1n) is 9.33. The first kappa shape index (κ1) is 25.2. The maximum absolute atomic E-state index is 12.3. The van der Waals surface area contributed by atoms with Gasteiger partial charge < -0.3 is 26.6 Å². The Morgan fingerprint density at radius 3 is 2.45 bits per heavy atom. The van der Waals surface area contributed by atoms with Crippen LogP contribution in [-0.2, 0) is 33.2 Å². The molecule has 0 bridgehead atoms. The molecule has 0 saturated heterocycles. The van der Waals surface area contributed by atoms with Crippen LogP contribution in [0.2, 0.25) is 0 Å². The number of nitrogens with two attached hydrogens (primary N) is 1. The van der Waals surface area contributed by atoms with Gasteiger partial charge in [0, 0.05) is 34.7 Å². The second-order valence-corrected chi connectivity index (χ2v) is 6.71. The molecule has 3 aromatic rings. The van der Waals surface area contributed by atoms with Crippen molar-refractivity contribution in [2.45, 2.75) is 25.4 Å². The van der Waals surface area contributed by atoms with Crippen molar-refractivity contribution in [3.05, 3.63) is 52.1 Å². The van der Waals surface area contributed by atoms with Gasteiger partial charge in [0.25, 0.3) is 11.5 Å². The molecule has 1 atom stereocenters. The number of amides is 1. The summed E-state index contributed by atoms with van der Waals surface area (Å²) in [5.41, 5.74) is 6.47. The number of carbonyl (C=O) groups excluding carboxylic acids is 1. The number of nitrogens with one attached hydrogen (secondary N) is 3. The summed E-state index contributed by atoms with van der Waals surface area (Å²) in [5, 5.41) is 23.2. The molecular formula is C19H19CuN7O6. The summed E-state index contributed by atoms with van der Waals surface area (Å²) in [7, 11) is 0. The quantitative estimate of drug-likeness (QED) is 0.212. The van der Waals surface area contributed by atoms with E-state index in [1.54, 1.807) is 12.1 Å². The van der Waals surface area contributed by atoms with Crippen LogP contribution in [0, 0.1) is 0 Å². The zero-order valence-electron chi connectivity index (χ0n) is 16.8. The number of anilines is 2. The maximum Gasteiger partial charge on any atom is 0.326 e. The van der Waals surface area contributed by atoms with E-state index in [0.29, 0.717) is 11.4 Å². The first-order valence-corrected chi connectivity index (χ1v) is 9.33. The number of carbonyl (C=O) groups is 3. The summed E-state index contributed by atoms with van der Waals surface area (Å²) in [6.07, 6.45) is 0.840. The molecule has 177 valence electrons. The third kappa shape index (κ3) is 6.72. The number of hydrogen-bond donors (Lipinski definition) is 6. The number of H-pyrrole nitrogens is 1. The largest absolute Gasteiger partial charge is 0.481 e. The van der Waals surface area contributed by atoms with Gasteiger partial charge in [0.15, 0.2) is 11.2 Å². The van der Waals surface area contributed by atoms with Crippen LogP contribution in [0.4, 0.5) is 11.6 Å². The Kier molecular flexibility index (Phi) is 8.42. The Balaban J connectivity index is 0.00000385. The number of aromatic nitrogens is 4. The van der Waals surface area contributed by atoms with E-state index in [1.165, 1.54) is 18.3 Å². The number of benzene rings is 1. The fraction of sp³-hybridized carbons (Fsp3) is 0.211. The fourth-order valence-corrected chi connectivity index (χ4v) is 2.75. The third-order valence-corrected chi connectivity index (χ3v) is 4.36. The number of carboxylic acids is 2. The molecule has 1 radical (unpaired) electrons. The van der Waals surface area contributed by atoms with Crippen molar-refractivity contribution < 1.29 is 41.7 Å². The van der Waals surface area contributed by atoms with E-state index in [4.69, 9.17) is 15.9 Å². The van der Waals surface area contributed by atoms with Crippen molar-refractivity contribution in [2.75, 3.05) is 11.1 Å². The average molecular weight is 505 g/mol. The van der Waals surface area contributed by atoms with Gasteiger partial charge in [0.1, 0.15) is 6.04 Å². The summed E-state index contributed by atoms with van der Waals surface area (Å²) >= 11 is 0. The maximum atomic E-state index is 12.3. The van der Waals surface area contributed by atoms with Crippen molar-refractivity contribution >= 4 is 40.6 Å². The van der Waals surface area contributed by atoms with Gasteiger partial charge in [-0.25, -0.2) is 14.8 Å². The van der Waals surface area contributed by atoms with Gasteiger partial charge in [0.2, 0.25) is 5.95 Å². The van der Waals surface area contributed by atoms with Crippen LogP contribution >= 0.6 is 0 Å². The van der Waals surface area contributed by atoms with Crippen molar-refractivity contribution in [1.82, 2.24) is 25.3 Å². The third-order valence-electron chi connectivity index (χ3n) is 4.36. The van der Waals surface area contributed by atoms with E-state index in [9.17, 15) is 19.2 Å². The van der Waals surface area contributed by atoms with Gasteiger partial charge in [-0.15, -0.1) is 0 Å². The molecule has 0 aliphatic carbocycles. The Morgan fingerprint density at radius 2 is 1.82 bits per heavy atom. The first-order chi connectivity index (χ1) is 15.2. The standard InChI is InChI=1S/C19H19N7O6.Cu/c20-19-25-15-14(17(30)26-19)23-11(8-22-15)7-21-10-3-1-9(2-4-10)16(29)24-12(18(31)32)5-6-13(27)28;/h1-4,8,12,21H,5-7H2,(H,24,29)(H,27,28)(H,31,32)(H3,20,22,25,26,30);. The summed E-state index contributed by atoms with van der Waals surface area (Å²) in [4.78, 5) is 60.6. The molecular weight excluding hydrogens is 486 g/mol. The number of aliphatic carboxylic acids is 2. The van der Waals surface area contributed by atoms with Crippen molar-refractivity contribution in [3.8, 4) is 0 Å². The van der Waals surface area contributed by atoms with Crippen molar-refractivity contribution in [1.29, 1.82) is 0 Å². The Morgan fingerprint density at radius 1 is 1.12 bits per heavy atom. The number of nitrogens with zero attached hydrogens (tertiary/aromatic N) is 3. The molecule has 0 spiro atoms. The van der Waals surface area contributed by atoms with Gasteiger partial charge in [0.05, 0.1) is 18.4 Å². The second-order valence-electron chi connectivity index (χ2n) is 6.71. The van der Waals surface area contributed by atoms with E-state index in [-0.39, 0.29) is 59.1 Å². The number of rotatable bonds is 9. The van der Waals surface area contributed by atoms with Crippen LogP contribution in [0.15, 0.2) is 35.3 Å². The van der Waals surface area contributed by atoms with Crippen LogP contribution in [0.25, 0.3) is 11.2 Å². The molecule has 0 aliphatic rings. The molecule has 1 amide bonds. The molecule has 3 rings (SSSR count). The normalized spacial score (nSPS) is 11.3. The Hall–Kier alpha value is -4.03. The Bertz CT molecular complexity index is 1230. The summed E-state index contributed by atoms with van der Waals surface area (Å²) in [6, 6.07) is 4.86. The molecule has 2 aromatic heterocycles. The topological polar surface area (TPSA) is 213 Å². The van der Waals surface area contributed by atoms with Crippen LogP contribution < -0.4 is 21.9 Å². The van der Waals surface area contributed by atoms with Gasteiger partial charge in [-0.05, 0) is 30.7 Å². The molecule has 1 aromatic carbocycles. The number of nitrogen functional groups attached to an aromatic ring is 1. The molecule has 14 heteroatoms. The monoisotopic (exact) mass is 504 g/mol. The minimum absolute atomic E-state index is 0. The van der Waals surface area contributed by atoms with E-state index >= 15 is 0 Å². The molecule has 7 N–H and O–H groups in total. The number of hydrogen-bond acceptors (Lipinski definition) is 9. The van der Waals surface area contributed by atoms with Gasteiger partial charge in [-0.3, -0.25) is 19.4 Å². The summed E-state index contributed by atoms with van der Waals surface area (Å²) in [6.45, 7) is 0.231. The summed E-state index contributed by atoms with van der Waals surface area (Å²) in [5.74, 6) is -3.16. The molecule has 33 heavy (non-hydrogen) atoms. The number of aromatic amines is 1. The number of fused-ring (bicyclic) bond motifs is 1. The van der Waals surface area contributed by atoms with Gasteiger partial charge in [-0.1, -0.05) is 0 Å². The van der Waals surface area contributed by atoms with E-state index < -0.39 is 29.4 Å². The van der Waals surface area contributed by atoms with E-state index in [0.717, 1.165) is 0 Å². The minimum atomic E-state index is -1.31. The Labute approximate surface area is 196 Å². The predicted molar refractivity (Wildman–Crippen MR) is 112 cm³/mol. The molecule has 2 heterocycles. The average Bonchev–Trinajstić information content (AvgIpc) is 2.75. The number of carboxylic acid groups (broad SMARTS) is 2. The van der Waals surface area contributed by atoms with E-state index in [2.05, 4.69) is 30.6 Å². The molecule has 0 aliphatic heterocycles. The van der Waals surface area contributed by atoms with Crippen molar-refractivity contribution in [2.24, 2.45) is 0 Å². The molecule has 0 fully saturated rings. The fourth-order valence-electron chi connectivity index (χ4n) is 2.75. The predicted octanol–water partition coefficient (Wildman–Crippen LogP) is -0.0473. The van der Waals surface area contributed by atoms with Crippen molar-refractivity contribution in [3.63, 3.8) is 0 Å².